The molecule has 4 nitrogen and oxygen atoms in total. The van der Waals surface area contributed by atoms with Crippen molar-refractivity contribution in [2.24, 2.45) is 0 Å². The Kier molecular flexibility index (Phi) is 4.39. The predicted molar refractivity (Wildman–Crippen MR) is 89.2 cm³/mol. The second-order valence-corrected chi connectivity index (χ2v) is 6.58. The molecule has 112 valence electrons. The lowest BCUT2D eigenvalue weighted by molar-refractivity contribution is 0.905. The number of rotatable bonds is 7. The van der Waals surface area contributed by atoms with Gasteiger partial charge in [0, 0.05) is 23.4 Å². The minimum Gasteiger partial charge on any atom is -0.370 e. The summed E-state index contributed by atoms with van der Waals surface area (Å²) >= 11 is 1.79. The van der Waals surface area contributed by atoms with E-state index in [0.29, 0.717) is 5.92 Å². The monoisotopic (exact) mass is 302 g/mol. The summed E-state index contributed by atoms with van der Waals surface area (Å²) in [4.78, 5) is 10.7. The lowest BCUT2D eigenvalue weighted by atomic mass is 10.3. The molecular formula is C16H22N4S. The first-order chi connectivity index (χ1) is 10.3. The van der Waals surface area contributed by atoms with Crippen molar-refractivity contribution in [2.75, 3.05) is 17.2 Å². The van der Waals surface area contributed by atoms with Gasteiger partial charge in [-0.05, 0) is 43.2 Å². The Morgan fingerprint density at radius 2 is 2.00 bits per heavy atom. The van der Waals surface area contributed by atoms with E-state index >= 15 is 0 Å². The van der Waals surface area contributed by atoms with Crippen molar-refractivity contribution in [2.45, 2.75) is 45.6 Å². The third kappa shape index (κ3) is 3.73. The molecule has 0 spiro atoms. The average Bonchev–Trinajstić information content (AvgIpc) is 3.26. The van der Waals surface area contributed by atoms with E-state index in [1.807, 2.05) is 6.07 Å². The van der Waals surface area contributed by atoms with Gasteiger partial charge < -0.3 is 10.6 Å². The molecule has 2 heterocycles. The number of anilines is 2. The van der Waals surface area contributed by atoms with Crippen molar-refractivity contribution >= 4 is 23.0 Å². The van der Waals surface area contributed by atoms with Crippen LogP contribution in [0.5, 0.6) is 0 Å². The number of nitrogens with one attached hydrogen (secondary N) is 2. The summed E-state index contributed by atoms with van der Waals surface area (Å²) in [6.07, 6.45) is 3.54. The summed E-state index contributed by atoms with van der Waals surface area (Å²) < 4.78 is 0. The minimum absolute atomic E-state index is 0.567. The van der Waals surface area contributed by atoms with E-state index in [9.17, 15) is 0 Å². The van der Waals surface area contributed by atoms with E-state index in [2.05, 4.69) is 45.9 Å². The topological polar surface area (TPSA) is 49.8 Å². The summed E-state index contributed by atoms with van der Waals surface area (Å²) in [6.45, 7) is 6.09. The maximum Gasteiger partial charge on any atom is 0.136 e. The number of aryl methyl sites for hydroxylation is 1. The maximum atomic E-state index is 4.68. The first-order valence-electron chi connectivity index (χ1n) is 7.66. The third-order valence-corrected chi connectivity index (χ3v) is 4.66. The van der Waals surface area contributed by atoms with Crippen molar-refractivity contribution in [1.29, 1.82) is 0 Å². The smallest absolute Gasteiger partial charge is 0.136 e. The summed E-state index contributed by atoms with van der Waals surface area (Å²) in [5.41, 5.74) is 1.34. The van der Waals surface area contributed by atoms with Crippen LogP contribution in [-0.2, 0) is 6.54 Å². The second-order valence-electron chi connectivity index (χ2n) is 5.58. The molecule has 0 radical (unpaired) electrons. The number of nitrogens with zero attached hydrogens (tertiary/aromatic N) is 2. The zero-order valence-electron chi connectivity index (χ0n) is 12.6. The molecule has 0 aromatic carbocycles. The number of thiophene rings is 1. The lowest BCUT2D eigenvalue weighted by Crippen LogP contribution is -2.08. The van der Waals surface area contributed by atoms with E-state index in [4.69, 9.17) is 0 Å². The van der Waals surface area contributed by atoms with E-state index in [1.54, 1.807) is 11.3 Å². The molecule has 2 aromatic heterocycles. The van der Waals surface area contributed by atoms with Gasteiger partial charge in [0.15, 0.2) is 0 Å². The fourth-order valence-corrected chi connectivity index (χ4v) is 3.03. The van der Waals surface area contributed by atoms with Gasteiger partial charge in [0.25, 0.3) is 0 Å². The van der Waals surface area contributed by atoms with Gasteiger partial charge >= 0.3 is 0 Å². The average molecular weight is 302 g/mol. The van der Waals surface area contributed by atoms with Crippen molar-refractivity contribution in [1.82, 2.24) is 9.97 Å². The van der Waals surface area contributed by atoms with Gasteiger partial charge in [0.05, 0.1) is 6.54 Å². The highest BCUT2D eigenvalue weighted by molar-refractivity contribution is 7.10. The SMILES string of the molecule is CCCNc1cc(NCc2sccc2C)nc(C2CC2)n1. The molecule has 0 bridgehead atoms. The van der Waals surface area contributed by atoms with Crippen LogP contribution in [0.25, 0.3) is 0 Å². The van der Waals surface area contributed by atoms with Crippen LogP contribution in [0.1, 0.15) is 48.4 Å². The normalized spacial score (nSPS) is 14.2. The Morgan fingerprint density at radius 1 is 1.24 bits per heavy atom. The maximum absolute atomic E-state index is 4.68. The second kappa shape index (κ2) is 6.43. The Labute approximate surface area is 130 Å². The van der Waals surface area contributed by atoms with Crippen LogP contribution in [0.15, 0.2) is 17.5 Å². The number of hydrogen-bond acceptors (Lipinski definition) is 5. The fourth-order valence-electron chi connectivity index (χ4n) is 2.18. The molecule has 3 rings (SSSR count). The van der Waals surface area contributed by atoms with Crippen molar-refractivity contribution in [3.05, 3.63) is 33.8 Å². The molecule has 21 heavy (non-hydrogen) atoms. The Hall–Kier alpha value is -1.62. The first kappa shape index (κ1) is 14.3. The predicted octanol–water partition coefficient (Wildman–Crippen LogP) is 4.16. The Morgan fingerprint density at radius 3 is 2.62 bits per heavy atom. The van der Waals surface area contributed by atoms with Crippen LogP contribution < -0.4 is 10.6 Å². The molecule has 0 atom stereocenters. The summed E-state index contributed by atoms with van der Waals surface area (Å²) in [6, 6.07) is 4.18. The van der Waals surface area contributed by atoms with Gasteiger partial charge in [-0.2, -0.15) is 0 Å². The van der Waals surface area contributed by atoms with E-state index < -0.39 is 0 Å². The number of hydrogen-bond donors (Lipinski definition) is 2. The van der Waals surface area contributed by atoms with Crippen molar-refractivity contribution < 1.29 is 0 Å². The molecule has 2 aromatic rings. The van der Waals surface area contributed by atoms with Crippen LogP contribution in [-0.4, -0.2) is 16.5 Å². The van der Waals surface area contributed by atoms with Gasteiger partial charge in [-0.25, -0.2) is 9.97 Å². The molecule has 2 N–H and O–H groups in total. The minimum atomic E-state index is 0.567. The van der Waals surface area contributed by atoms with Crippen LogP contribution >= 0.6 is 11.3 Å². The van der Waals surface area contributed by atoms with E-state index in [-0.39, 0.29) is 0 Å². The molecule has 0 unspecified atom stereocenters. The van der Waals surface area contributed by atoms with Crippen LogP contribution in [0.2, 0.25) is 0 Å². The molecule has 0 saturated heterocycles. The highest BCUT2D eigenvalue weighted by atomic mass is 32.1. The van der Waals surface area contributed by atoms with E-state index in [1.165, 1.54) is 23.3 Å². The van der Waals surface area contributed by atoms with Crippen molar-refractivity contribution in [3.8, 4) is 0 Å². The van der Waals surface area contributed by atoms with Gasteiger partial charge in [-0.3, -0.25) is 0 Å². The lowest BCUT2D eigenvalue weighted by Gasteiger charge is -2.10. The molecule has 1 aliphatic carbocycles. The molecule has 5 heteroatoms. The fraction of sp³-hybridized carbons (Fsp3) is 0.500. The van der Waals surface area contributed by atoms with E-state index in [0.717, 1.165) is 37.0 Å². The highest BCUT2D eigenvalue weighted by Gasteiger charge is 2.27. The van der Waals surface area contributed by atoms with Crippen molar-refractivity contribution in [3.63, 3.8) is 0 Å². The summed E-state index contributed by atoms with van der Waals surface area (Å²) in [5, 5.41) is 8.96. The number of aromatic nitrogens is 2. The quantitative estimate of drug-likeness (QED) is 0.806. The molecule has 1 saturated carbocycles. The van der Waals surface area contributed by atoms with Crippen LogP contribution in [0.3, 0.4) is 0 Å². The molecule has 1 aliphatic rings. The zero-order chi connectivity index (χ0) is 14.7. The zero-order valence-corrected chi connectivity index (χ0v) is 13.5. The molecule has 1 fully saturated rings. The van der Waals surface area contributed by atoms with Crippen LogP contribution in [0.4, 0.5) is 11.6 Å². The van der Waals surface area contributed by atoms with Crippen LogP contribution in [0, 0.1) is 6.92 Å². The molecule has 0 aliphatic heterocycles. The third-order valence-electron chi connectivity index (χ3n) is 3.64. The van der Waals surface area contributed by atoms with Gasteiger partial charge in [-0.1, -0.05) is 6.92 Å². The molecular weight excluding hydrogens is 280 g/mol. The Bertz CT molecular complexity index is 604. The van der Waals surface area contributed by atoms with Gasteiger partial charge in [0.2, 0.25) is 0 Å². The molecule has 0 amide bonds. The largest absolute Gasteiger partial charge is 0.370 e. The van der Waals surface area contributed by atoms with Gasteiger partial charge in [-0.15, -0.1) is 11.3 Å². The summed E-state index contributed by atoms with van der Waals surface area (Å²) in [7, 11) is 0. The standard InChI is InChI=1S/C16H22N4S/c1-3-7-17-14-9-15(20-16(19-14)12-4-5-12)18-10-13-11(2)6-8-21-13/h6,8-9,12H,3-5,7,10H2,1-2H3,(H2,17,18,19,20). The summed E-state index contributed by atoms with van der Waals surface area (Å²) in [5.74, 6) is 3.43. The first-order valence-corrected chi connectivity index (χ1v) is 8.54. The Balaban J connectivity index is 1.73. The van der Waals surface area contributed by atoms with Gasteiger partial charge in [0.1, 0.15) is 17.5 Å². The highest BCUT2D eigenvalue weighted by Crippen LogP contribution is 2.38.